The van der Waals surface area contributed by atoms with Crippen molar-refractivity contribution < 1.29 is 0 Å². The Morgan fingerprint density at radius 2 is 2.00 bits per heavy atom. The van der Waals surface area contributed by atoms with Crippen molar-refractivity contribution >= 4 is 23.1 Å². The van der Waals surface area contributed by atoms with E-state index in [0.29, 0.717) is 12.0 Å². The summed E-state index contributed by atoms with van der Waals surface area (Å²) in [7, 11) is 0. The zero-order valence-corrected chi connectivity index (χ0v) is 13.4. The van der Waals surface area contributed by atoms with E-state index in [1.54, 1.807) is 23.7 Å². The third kappa shape index (κ3) is 3.65. The van der Waals surface area contributed by atoms with Gasteiger partial charge in [-0.25, -0.2) is 4.98 Å². The molecule has 1 aliphatic rings. The largest absolute Gasteiger partial charge is 0.365 e. The highest BCUT2D eigenvalue weighted by molar-refractivity contribution is 7.09. The second kappa shape index (κ2) is 6.34. The standard InChI is InChI=1S/C17H17N5S/c1-2-14(23-9-1)11-19-16-10-15(12-5-7-18-8-6-12)21-17(22-16)20-13-3-4-13/h1-2,5-10,13H,3-4,11H2,(H2,19,20,21,22). The van der Waals surface area contributed by atoms with Gasteiger partial charge >= 0.3 is 0 Å². The first-order valence-corrected chi connectivity index (χ1v) is 8.57. The van der Waals surface area contributed by atoms with E-state index in [1.165, 1.54) is 17.7 Å². The van der Waals surface area contributed by atoms with Crippen LogP contribution < -0.4 is 10.6 Å². The number of pyridine rings is 1. The zero-order chi connectivity index (χ0) is 15.5. The smallest absolute Gasteiger partial charge is 0.225 e. The van der Waals surface area contributed by atoms with Crippen LogP contribution in [-0.4, -0.2) is 21.0 Å². The molecule has 0 amide bonds. The Bertz CT molecular complexity index is 769. The van der Waals surface area contributed by atoms with Crippen LogP contribution in [0.1, 0.15) is 17.7 Å². The van der Waals surface area contributed by atoms with Crippen molar-refractivity contribution in [3.63, 3.8) is 0 Å². The third-order valence-electron chi connectivity index (χ3n) is 3.64. The summed E-state index contributed by atoms with van der Waals surface area (Å²) in [5.74, 6) is 1.53. The highest BCUT2D eigenvalue weighted by atomic mass is 32.1. The van der Waals surface area contributed by atoms with E-state index in [4.69, 9.17) is 0 Å². The van der Waals surface area contributed by atoms with E-state index in [0.717, 1.165) is 23.6 Å². The summed E-state index contributed by atoms with van der Waals surface area (Å²) in [6, 6.07) is 10.6. The maximum atomic E-state index is 4.64. The topological polar surface area (TPSA) is 62.7 Å². The number of rotatable bonds is 6. The van der Waals surface area contributed by atoms with Gasteiger partial charge in [0.2, 0.25) is 5.95 Å². The minimum absolute atomic E-state index is 0.521. The van der Waals surface area contributed by atoms with Crippen LogP contribution >= 0.6 is 11.3 Å². The molecule has 0 aromatic carbocycles. The van der Waals surface area contributed by atoms with Crippen LogP contribution in [0.5, 0.6) is 0 Å². The molecule has 3 aromatic heterocycles. The summed E-state index contributed by atoms with van der Waals surface area (Å²) in [6.07, 6.45) is 5.95. The molecule has 0 aliphatic heterocycles. The third-order valence-corrected chi connectivity index (χ3v) is 4.51. The molecule has 5 nitrogen and oxygen atoms in total. The number of nitrogens with zero attached hydrogens (tertiary/aromatic N) is 3. The maximum absolute atomic E-state index is 4.64. The van der Waals surface area contributed by atoms with Crippen molar-refractivity contribution in [1.29, 1.82) is 0 Å². The zero-order valence-electron chi connectivity index (χ0n) is 12.6. The lowest BCUT2D eigenvalue weighted by Gasteiger charge is -2.10. The molecule has 0 unspecified atom stereocenters. The SMILES string of the molecule is c1csc(CNc2cc(-c3ccncc3)nc(NC3CC3)n2)c1. The highest BCUT2D eigenvalue weighted by Gasteiger charge is 2.22. The lowest BCUT2D eigenvalue weighted by molar-refractivity contribution is 1.04. The van der Waals surface area contributed by atoms with Gasteiger partial charge in [-0.2, -0.15) is 4.98 Å². The Balaban J connectivity index is 1.61. The first-order valence-electron chi connectivity index (χ1n) is 7.69. The van der Waals surface area contributed by atoms with Crippen molar-refractivity contribution in [1.82, 2.24) is 15.0 Å². The molecule has 6 heteroatoms. The van der Waals surface area contributed by atoms with Gasteiger partial charge in [-0.1, -0.05) is 6.07 Å². The van der Waals surface area contributed by atoms with Crippen molar-refractivity contribution in [3.8, 4) is 11.3 Å². The number of hydrogen-bond acceptors (Lipinski definition) is 6. The monoisotopic (exact) mass is 323 g/mol. The molecule has 1 aliphatic carbocycles. The minimum Gasteiger partial charge on any atom is -0.365 e. The van der Waals surface area contributed by atoms with Gasteiger partial charge in [0.1, 0.15) is 5.82 Å². The van der Waals surface area contributed by atoms with Crippen LogP contribution in [0.4, 0.5) is 11.8 Å². The fourth-order valence-electron chi connectivity index (χ4n) is 2.27. The van der Waals surface area contributed by atoms with Gasteiger partial charge in [0, 0.05) is 34.9 Å². The molecule has 4 rings (SSSR count). The lowest BCUT2D eigenvalue weighted by atomic mass is 10.2. The van der Waals surface area contributed by atoms with Gasteiger partial charge in [-0.15, -0.1) is 11.3 Å². The number of aromatic nitrogens is 3. The molecule has 3 heterocycles. The van der Waals surface area contributed by atoms with Crippen LogP contribution in [0.15, 0.2) is 48.1 Å². The molecule has 0 saturated heterocycles. The summed E-state index contributed by atoms with van der Waals surface area (Å²) >= 11 is 1.74. The fourth-order valence-corrected chi connectivity index (χ4v) is 2.92. The maximum Gasteiger partial charge on any atom is 0.225 e. The lowest BCUT2D eigenvalue weighted by Crippen LogP contribution is -2.09. The second-order valence-electron chi connectivity index (χ2n) is 5.55. The Morgan fingerprint density at radius 3 is 2.74 bits per heavy atom. The number of hydrogen-bond donors (Lipinski definition) is 2. The van der Waals surface area contributed by atoms with Crippen molar-refractivity contribution in [2.24, 2.45) is 0 Å². The number of anilines is 2. The quantitative estimate of drug-likeness (QED) is 0.723. The van der Waals surface area contributed by atoms with E-state index >= 15 is 0 Å². The molecule has 0 bridgehead atoms. The minimum atomic E-state index is 0.521. The Morgan fingerprint density at radius 1 is 1.13 bits per heavy atom. The predicted molar refractivity (Wildman–Crippen MR) is 93.6 cm³/mol. The molecular formula is C17H17N5S. The molecule has 3 aromatic rings. The number of nitrogens with one attached hydrogen (secondary N) is 2. The molecule has 1 saturated carbocycles. The van der Waals surface area contributed by atoms with Crippen LogP contribution in [0.2, 0.25) is 0 Å². The van der Waals surface area contributed by atoms with E-state index in [2.05, 4.69) is 43.1 Å². The van der Waals surface area contributed by atoms with Gasteiger partial charge in [0.05, 0.1) is 12.2 Å². The molecule has 0 radical (unpaired) electrons. The van der Waals surface area contributed by atoms with E-state index < -0.39 is 0 Å². The summed E-state index contributed by atoms with van der Waals surface area (Å²) in [5, 5.41) is 8.86. The average Bonchev–Trinajstić information content (AvgIpc) is 3.25. The average molecular weight is 323 g/mol. The molecule has 116 valence electrons. The first kappa shape index (κ1) is 14.1. The van der Waals surface area contributed by atoms with Gasteiger partial charge in [-0.3, -0.25) is 4.98 Å². The van der Waals surface area contributed by atoms with Gasteiger partial charge in [-0.05, 0) is 36.4 Å². The molecule has 0 atom stereocenters. The molecule has 23 heavy (non-hydrogen) atoms. The molecule has 1 fully saturated rings. The normalized spacial score (nSPS) is 13.7. The summed E-state index contributed by atoms with van der Waals surface area (Å²) < 4.78 is 0. The summed E-state index contributed by atoms with van der Waals surface area (Å²) in [4.78, 5) is 14.6. The Labute approximate surface area is 138 Å². The highest BCUT2D eigenvalue weighted by Crippen LogP contribution is 2.26. The Kier molecular flexibility index (Phi) is 3.90. The van der Waals surface area contributed by atoms with Crippen LogP contribution in [-0.2, 0) is 6.54 Å². The molecule has 0 spiro atoms. The van der Waals surface area contributed by atoms with E-state index in [1.807, 2.05) is 18.2 Å². The van der Waals surface area contributed by atoms with E-state index in [-0.39, 0.29) is 0 Å². The predicted octanol–water partition coefficient (Wildman–Crippen LogP) is 3.79. The first-order chi connectivity index (χ1) is 11.4. The molecular weight excluding hydrogens is 306 g/mol. The molecule has 2 N–H and O–H groups in total. The number of thiophene rings is 1. The van der Waals surface area contributed by atoms with Crippen LogP contribution in [0, 0.1) is 0 Å². The second-order valence-corrected chi connectivity index (χ2v) is 6.58. The summed E-state index contributed by atoms with van der Waals surface area (Å²) in [5.41, 5.74) is 1.94. The van der Waals surface area contributed by atoms with Crippen molar-refractivity contribution in [2.75, 3.05) is 10.6 Å². The van der Waals surface area contributed by atoms with Crippen molar-refractivity contribution in [2.45, 2.75) is 25.4 Å². The fraction of sp³-hybridized carbons (Fsp3) is 0.235. The van der Waals surface area contributed by atoms with E-state index in [9.17, 15) is 0 Å². The van der Waals surface area contributed by atoms with Gasteiger partial charge < -0.3 is 10.6 Å². The summed E-state index contributed by atoms with van der Waals surface area (Å²) in [6.45, 7) is 0.771. The van der Waals surface area contributed by atoms with Crippen LogP contribution in [0.3, 0.4) is 0 Å². The van der Waals surface area contributed by atoms with Crippen molar-refractivity contribution in [3.05, 3.63) is 53.0 Å². The van der Waals surface area contributed by atoms with Crippen LogP contribution in [0.25, 0.3) is 11.3 Å². The Hall–Kier alpha value is -2.47. The van der Waals surface area contributed by atoms with Gasteiger partial charge in [0.15, 0.2) is 0 Å². The van der Waals surface area contributed by atoms with Gasteiger partial charge in [0.25, 0.3) is 0 Å².